The minimum absolute atomic E-state index is 0.0437. The molecule has 2 atom stereocenters. The van der Waals surface area contributed by atoms with Gasteiger partial charge in [0.05, 0.1) is 27.2 Å². The quantitative estimate of drug-likeness (QED) is 0.625. The van der Waals surface area contributed by atoms with Crippen LogP contribution in [0.4, 0.5) is 0 Å². The van der Waals surface area contributed by atoms with Gasteiger partial charge in [0.15, 0.2) is 11.5 Å². The summed E-state index contributed by atoms with van der Waals surface area (Å²) >= 11 is 0. The number of nitrogens with one attached hydrogen (secondary N) is 1. The molecule has 3 rings (SSSR count). The van der Waals surface area contributed by atoms with Crippen molar-refractivity contribution in [2.75, 3.05) is 41.0 Å². The summed E-state index contributed by atoms with van der Waals surface area (Å²) in [4.78, 5) is 28.1. The van der Waals surface area contributed by atoms with Gasteiger partial charge in [-0.3, -0.25) is 9.59 Å². The van der Waals surface area contributed by atoms with E-state index in [4.69, 9.17) is 14.2 Å². The van der Waals surface area contributed by atoms with E-state index in [1.54, 1.807) is 38.4 Å². The highest BCUT2D eigenvalue weighted by atomic mass is 16.5. The first-order chi connectivity index (χ1) is 15.9. The van der Waals surface area contributed by atoms with Gasteiger partial charge in [0.25, 0.3) is 5.91 Å². The molecule has 178 valence electrons. The van der Waals surface area contributed by atoms with Crippen molar-refractivity contribution < 1.29 is 23.8 Å². The maximum atomic E-state index is 13.2. The van der Waals surface area contributed by atoms with Crippen LogP contribution in [0.5, 0.6) is 17.2 Å². The van der Waals surface area contributed by atoms with Gasteiger partial charge in [-0.25, -0.2) is 0 Å². The molecule has 0 aliphatic carbocycles. The van der Waals surface area contributed by atoms with Crippen LogP contribution in [-0.4, -0.2) is 57.7 Å². The number of carbonyl (C=O) groups excluding carboxylic acids is 2. The van der Waals surface area contributed by atoms with Crippen LogP contribution in [0.3, 0.4) is 0 Å². The number of amides is 2. The summed E-state index contributed by atoms with van der Waals surface area (Å²) in [6.45, 7) is 5.64. The highest BCUT2D eigenvalue weighted by molar-refractivity contribution is 5.95. The molecular weight excluding hydrogens is 420 g/mol. The van der Waals surface area contributed by atoms with Crippen LogP contribution in [0, 0.1) is 11.8 Å². The SMILES string of the molecule is COc1cc(C2CN(C(=O)c3ccccc3)CC2C(=O)NCCC(C)C)cc(OC)c1OC. The lowest BCUT2D eigenvalue weighted by Gasteiger charge is -2.21. The first-order valence-corrected chi connectivity index (χ1v) is 11.3. The van der Waals surface area contributed by atoms with Crippen LogP contribution in [0.2, 0.25) is 0 Å². The summed E-state index contributed by atoms with van der Waals surface area (Å²) in [5.41, 5.74) is 1.49. The van der Waals surface area contributed by atoms with Crippen LogP contribution in [0.1, 0.15) is 42.1 Å². The topological polar surface area (TPSA) is 77.1 Å². The number of methoxy groups -OCH3 is 3. The second-order valence-electron chi connectivity index (χ2n) is 8.72. The zero-order valence-electron chi connectivity index (χ0n) is 20.1. The van der Waals surface area contributed by atoms with Gasteiger partial charge in [-0.15, -0.1) is 0 Å². The summed E-state index contributed by atoms with van der Waals surface area (Å²) in [7, 11) is 4.69. The molecule has 0 spiro atoms. The average Bonchev–Trinajstić information content (AvgIpc) is 3.28. The Bertz CT molecular complexity index is 935. The van der Waals surface area contributed by atoms with Crippen molar-refractivity contribution >= 4 is 11.8 Å². The van der Waals surface area contributed by atoms with Gasteiger partial charge in [0.2, 0.25) is 11.7 Å². The standard InChI is InChI=1S/C26H34N2O5/c1-17(2)11-12-27-25(29)21-16-28(26(30)18-9-7-6-8-10-18)15-20(21)19-13-22(31-3)24(33-5)23(14-19)32-4/h6-10,13-14,17,20-21H,11-12,15-16H2,1-5H3,(H,27,29). The third-order valence-corrected chi connectivity index (χ3v) is 6.10. The van der Waals surface area contributed by atoms with E-state index in [0.717, 1.165) is 12.0 Å². The first-order valence-electron chi connectivity index (χ1n) is 11.3. The molecule has 1 N–H and O–H groups in total. The van der Waals surface area contributed by atoms with Crippen molar-refractivity contribution in [3.63, 3.8) is 0 Å². The van der Waals surface area contributed by atoms with Crippen LogP contribution in [0.25, 0.3) is 0 Å². The Hall–Kier alpha value is -3.22. The predicted octanol–water partition coefficient (Wildman–Crippen LogP) is 3.73. The molecule has 2 unspecified atom stereocenters. The van der Waals surface area contributed by atoms with E-state index in [9.17, 15) is 9.59 Å². The van der Waals surface area contributed by atoms with Gasteiger partial charge in [0.1, 0.15) is 0 Å². The second kappa shape index (κ2) is 11.1. The Balaban J connectivity index is 1.93. The van der Waals surface area contributed by atoms with E-state index in [1.165, 1.54) is 0 Å². The molecule has 33 heavy (non-hydrogen) atoms. The highest BCUT2D eigenvalue weighted by Crippen LogP contribution is 2.43. The molecule has 1 aliphatic heterocycles. The van der Waals surface area contributed by atoms with Crippen molar-refractivity contribution in [2.24, 2.45) is 11.8 Å². The minimum atomic E-state index is -0.382. The van der Waals surface area contributed by atoms with Gasteiger partial charge in [-0.1, -0.05) is 32.0 Å². The van der Waals surface area contributed by atoms with Gasteiger partial charge >= 0.3 is 0 Å². The van der Waals surface area contributed by atoms with E-state index in [0.29, 0.717) is 48.4 Å². The molecule has 1 saturated heterocycles. The van der Waals surface area contributed by atoms with E-state index >= 15 is 0 Å². The van der Waals surface area contributed by atoms with Crippen LogP contribution in [-0.2, 0) is 4.79 Å². The second-order valence-corrected chi connectivity index (χ2v) is 8.72. The number of nitrogens with zero attached hydrogens (tertiary/aromatic N) is 1. The molecule has 0 saturated carbocycles. The smallest absolute Gasteiger partial charge is 0.253 e. The summed E-state index contributed by atoms with van der Waals surface area (Å²) in [6, 6.07) is 12.9. The predicted molar refractivity (Wildman–Crippen MR) is 127 cm³/mol. The molecule has 2 aromatic rings. The Kier molecular flexibility index (Phi) is 8.20. The molecule has 1 aliphatic rings. The molecule has 1 heterocycles. The molecule has 0 radical (unpaired) electrons. The number of likely N-dealkylation sites (tertiary alicyclic amines) is 1. The molecule has 1 fully saturated rings. The zero-order valence-corrected chi connectivity index (χ0v) is 20.1. The molecular formula is C26H34N2O5. The maximum absolute atomic E-state index is 13.2. The number of rotatable bonds is 9. The zero-order chi connectivity index (χ0) is 24.0. The van der Waals surface area contributed by atoms with Gasteiger partial charge in [-0.05, 0) is 42.2 Å². The largest absolute Gasteiger partial charge is 0.493 e. The van der Waals surface area contributed by atoms with Crippen molar-refractivity contribution in [2.45, 2.75) is 26.2 Å². The number of hydrogen-bond acceptors (Lipinski definition) is 5. The fraction of sp³-hybridized carbons (Fsp3) is 0.462. The molecule has 7 nitrogen and oxygen atoms in total. The summed E-state index contributed by atoms with van der Waals surface area (Å²) in [5, 5.41) is 3.07. The first kappa shape index (κ1) is 24.4. The number of ether oxygens (including phenoxy) is 3. The minimum Gasteiger partial charge on any atom is -0.493 e. The third-order valence-electron chi connectivity index (χ3n) is 6.10. The van der Waals surface area contributed by atoms with Gasteiger partial charge in [0, 0.05) is 31.1 Å². The molecule has 2 amide bonds. The summed E-state index contributed by atoms with van der Waals surface area (Å²) in [6.07, 6.45) is 0.903. The van der Waals surface area contributed by atoms with Crippen LogP contribution in [0.15, 0.2) is 42.5 Å². The number of carbonyl (C=O) groups is 2. The van der Waals surface area contributed by atoms with E-state index in [1.807, 2.05) is 30.3 Å². The third kappa shape index (κ3) is 5.59. The number of hydrogen-bond donors (Lipinski definition) is 1. The highest BCUT2D eigenvalue weighted by Gasteiger charge is 2.41. The Morgan fingerprint density at radius 2 is 1.64 bits per heavy atom. The number of benzene rings is 2. The Morgan fingerprint density at radius 1 is 1.00 bits per heavy atom. The van der Waals surface area contributed by atoms with E-state index in [-0.39, 0.29) is 23.7 Å². The lowest BCUT2D eigenvalue weighted by atomic mass is 9.87. The Labute approximate surface area is 196 Å². The fourth-order valence-electron chi connectivity index (χ4n) is 4.27. The fourth-order valence-corrected chi connectivity index (χ4v) is 4.27. The normalized spacial score (nSPS) is 17.7. The maximum Gasteiger partial charge on any atom is 0.253 e. The molecule has 2 aromatic carbocycles. The van der Waals surface area contributed by atoms with E-state index in [2.05, 4.69) is 19.2 Å². The lowest BCUT2D eigenvalue weighted by Crippen LogP contribution is -2.36. The summed E-state index contributed by atoms with van der Waals surface area (Å²) < 4.78 is 16.5. The average molecular weight is 455 g/mol. The molecule has 0 bridgehead atoms. The Morgan fingerprint density at radius 3 is 2.18 bits per heavy atom. The van der Waals surface area contributed by atoms with Crippen molar-refractivity contribution in [3.05, 3.63) is 53.6 Å². The summed E-state index contributed by atoms with van der Waals surface area (Å²) in [5.74, 6) is 1.34. The van der Waals surface area contributed by atoms with Gasteiger partial charge < -0.3 is 24.4 Å². The molecule has 7 heteroatoms. The van der Waals surface area contributed by atoms with Crippen LogP contribution >= 0.6 is 0 Å². The molecule has 0 aromatic heterocycles. The lowest BCUT2D eigenvalue weighted by molar-refractivity contribution is -0.124. The van der Waals surface area contributed by atoms with Crippen molar-refractivity contribution in [1.29, 1.82) is 0 Å². The van der Waals surface area contributed by atoms with Crippen LogP contribution < -0.4 is 19.5 Å². The van der Waals surface area contributed by atoms with Crippen molar-refractivity contribution in [1.82, 2.24) is 10.2 Å². The van der Waals surface area contributed by atoms with Gasteiger partial charge in [-0.2, -0.15) is 0 Å². The van der Waals surface area contributed by atoms with Crippen molar-refractivity contribution in [3.8, 4) is 17.2 Å². The monoisotopic (exact) mass is 454 g/mol. The van der Waals surface area contributed by atoms with E-state index < -0.39 is 0 Å².